The van der Waals surface area contributed by atoms with Crippen LogP contribution in [0.25, 0.3) is 0 Å². The van der Waals surface area contributed by atoms with E-state index in [1.807, 2.05) is 36.4 Å². The predicted molar refractivity (Wildman–Crippen MR) is 109 cm³/mol. The molecule has 1 atom stereocenters. The second kappa shape index (κ2) is 7.42. The molecule has 0 saturated carbocycles. The molecule has 0 N–H and O–H groups in total. The molecule has 0 aromatic heterocycles. The molecule has 0 aliphatic heterocycles. The Hall–Kier alpha value is -2.62. The molecule has 28 heavy (non-hydrogen) atoms. The van der Waals surface area contributed by atoms with Crippen LogP contribution in [-0.2, 0) is 20.4 Å². The fourth-order valence-electron chi connectivity index (χ4n) is 4.26. The van der Waals surface area contributed by atoms with Crippen LogP contribution in [0.15, 0.2) is 42.5 Å². The van der Waals surface area contributed by atoms with Crippen LogP contribution in [0.2, 0.25) is 0 Å². The zero-order valence-corrected chi connectivity index (χ0v) is 17.3. The van der Waals surface area contributed by atoms with Crippen molar-refractivity contribution < 1.29 is 19.1 Å². The van der Waals surface area contributed by atoms with Gasteiger partial charge >= 0.3 is 11.9 Å². The molecule has 0 fully saturated rings. The summed E-state index contributed by atoms with van der Waals surface area (Å²) in [6.45, 7) is 10.3. The SMILES string of the molecule is CCC(=O)Oc1ccc([C@@]2(C)CC(C)(C)c3ccc(OC(=O)CC)cc32)cc1. The second-order valence-corrected chi connectivity index (χ2v) is 8.28. The normalized spacial score (nSPS) is 19.8. The topological polar surface area (TPSA) is 52.6 Å². The van der Waals surface area contributed by atoms with Crippen molar-refractivity contribution in [1.29, 1.82) is 0 Å². The maximum atomic E-state index is 11.7. The highest BCUT2D eigenvalue weighted by Crippen LogP contribution is 2.53. The minimum absolute atomic E-state index is 0.00469. The van der Waals surface area contributed by atoms with E-state index in [2.05, 4.69) is 26.8 Å². The van der Waals surface area contributed by atoms with E-state index < -0.39 is 0 Å². The summed E-state index contributed by atoms with van der Waals surface area (Å²) in [6, 6.07) is 13.7. The number of ether oxygens (including phenoxy) is 2. The summed E-state index contributed by atoms with van der Waals surface area (Å²) in [5.74, 6) is 0.667. The second-order valence-electron chi connectivity index (χ2n) is 8.28. The molecule has 0 heterocycles. The maximum absolute atomic E-state index is 11.7. The first-order valence-electron chi connectivity index (χ1n) is 9.86. The summed E-state index contributed by atoms with van der Waals surface area (Å²) >= 11 is 0. The van der Waals surface area contributed by atoms with Gasteiger partial charge in [0.25, 0.3) is 0 Å². The van der Waals surface area contributed by atoms with E-state index in [-0.39, 0.29) is 22.8 Å². The number of fused-ring (bicyclic) bond motifs is 1. The van der Waals surface area contributed by atoms with E-state index in [4.69, 9.17) is 9.47 Å². The largest absolute Gasteiger partial charge is 0.427 e. The van der Waals surface area contributed by atoms with Gasteiger partial charge in [-0.1, -0.05) is 52.8 Å². The van der Waals surface area contributed by atoms with Crippen LogP contribution in [0.5, 0.6) is 11.5 Å². The molecule has 0 bridgehead atoms. The Kier molecular flexibility index (Phi) is 5.33. The van der Waals surface area contributed by atoms with Gasteiger partial charge in [0, 0.05) is 18.3 Å². The molecular formula is C24H28O4. The fraction of sp³-hybridized carbons (Fsp3) is 0.417. The smallest absolute Gasteiger partial charge is 0.310 e. The van der Waals surface area contributed by atoms with Crippen molar-refractivity contribution in [2.75, 3.05) is 0 Å². The van der Waals surface area contributed by atoms with Crippen molar-refractivity contribution in [2.24, 2.45) is 0 Å². The van der Waals surface area contributed by atoms with Gasteiger partial charge in [-0.05, 0) is 52.8 Å². The summed E-state index contributed by atoms with van der Waals surface area (Å²) in [5.41, 5.74) is 3.38. The minimum atomic E-state index is -0.242. The van der Waals surface area contributed by atoms with E-state index in [0.29, 0.717) is 24.3 Å². The van der Waals surface area contributed by atoms with Crippen molar-refractivity contribution in [3.63, 3.8) is 0 Å². The molecule has 0 amide bonds. The van der Waals surface area contributed by atoms with Crippen molar-refractivity contribution in [3.8, 4) is 11.5 Å². The number of hydrogen-bond donors (Lipinski definition) is 0. The third kappa shape index (κ3) is 3.68. The van der Waals surface area contributed by atoms with Crippen LogP contribution in [0.3, 0.4) is 0 Å². The van der Waals surface area contributed by atoms with Gasteiger partial charge in [0.2, 0.25) is 0 Å². The van der Waals surface area contributed by atoms with Gasteiger partial charge in [0.05, 0.1) is 0 Å². The Labute approximate surface area is 166 Å². The lowest BCUT2D eigenvalue weighted by atomic mass is 9.75. The van der Waals surface area contributed by atoms with E-state index in [0.717, 1.165) is 12.0 Å². The van der Waals surface area contributed by atoms with Crippen molar-refractivity contribution in [2.45, 2.75) is 64.7 Å². The van der Waals surface area contributed by atoms with Gasteiger partial charge in [-0.25, -0.2) is 0 Å². The lowest BCUT2D eigenvalue weighted by molar-refractivity contribution is -0.134. The van der Waals surface area contributed by atoms with Crippen molar-refractivity contribution >= 4 is 11.9 Å². The number of carbonyl (C=O) groups excluding carboxylic acids is 2. The molecule has 148 valence electrons. The van der Waals surface area contributed by atoms with Crippen LogP contribution in [0.4, 0.5) is 0 Å². The van der Waals surface area contributed by atoms with Crippen molar-refractivity contribution in [1.82, 2.24) is 0 Å². The lowest BCUT2D eigenvalue weighted by Gasteiger charge is -2.28. The summed E-state index contributed by atoms with van der Waals surface area (Å²) < 4.78 is 10.8. The molecule has 4 heteroatoms. The number of carbonyl (C=O) groups is 2. The van der Waals surface area contributed by atoms with E-state index in [9.17, 15) is 9.59 Å². The molecule has 0 radical (unpaired) electrons. The monoisotopic (exact) mass is 380 g/mol. The molecule has 0 spiro atoms. The molecule has 1 aliphatic carbocycles. The van der Waals surface area contributed by atoms with Crippen LogP contribution in [0.1, 0.15) is 70.6 Å². The molecule has 3 rings (SSSR count). The van der Waals surface area contributed by atoms with E-state index in [1.165, 1.54) is 11.1 Å². The summed E-state index contributed by atoms with van der Waals surface area (Å²) in [5, 5.41) is 0. The quantitative estimate of drug-likeness (QED) is 0.521. The minimum Gasteiger partial charge on any atom is -0.427 e. The number of hydrogen-bond acceptors (Lipinski definition) is 4. The molecule has 0 saturated heterocycles. The van der Waals surface area contributed by atoms with E-state index in [1.54, 1.807) is 13.8 Å². The van der Waals surface area contributed by atoms with Crippen LogP contribution in [0, 0.1) is 0 Å². The average molecular weight is 380 g/mol. The van der Waals surface area contributed by atoms with Crippen molar-refractivity contribution in [3.05, 3.63) is 59.2 Å². The summed E-state index contributed by atoms with van der Waals surface area (Å²) in [4.78, 5) is 23.2. The highest BCUT2D eigenvalue weighted by atomic mass is 16.5. The first kappa shape index (κ1) is 20.1. The first-order chi connectivity index (χ1) is 13.2. The summed E-state index contributed by atoms with van der Waals surface area (Å²) in [7, 11) is 0. The Morgan fingerprint density at radius 1 is 0.821 bits per heavy atom. The Balaban J connectivity index is 1.99. The zero-order chi connectivity index (χ0) is 20.5. The number of esters is 2. The summed E-state index contributed by atoms with van der Waals surface area (Å²) in [6.07, 6.45) is 1.63. The van der Waals surface area contributed by atoms with Crippen LogP contribution >= 0.6 is 0 Å². The van der Waals surface area contributed by atoms with Gasteiger partial charge in [0.15, 0.2) is 0 Å². The molecule has 2 aromatic rings. The lowest BCUT2D eigenvalue weighted by Crippen LogP contribution is -2.23. The van der Waals surface area contributed by atoms with E-state index >= 15 is 0 Å². The number of benzene rings is 2. The molecule has 1 aliphatic rings. The highest BCUT2D eigenvalue weighted by Gasteiger charge is 2.45. The van der Waals surface area contributed by atoms with Gasteiger partial charge in [-0.2, -0.15) is 0 Å². The fourth-order valence-corrected chi connectivity index (χ4v) is 4.26. The predicted octanol–water partition coefficient (Wildman–Crippen LogP) is 5.30. The first-order valence-corrected chi connectivity index (χ1v) is 9.86. The Morgan fingerprint density at radius 2 is 1.36 bits per heavy atom. The Bertz CT molecular complexity index is 895. The Morgan fingerprint density at radius 3 is 1.93 bits per heavy atom. The standard InChI is InChI=1S/C24H28O4/c1-6-21(25)27-17-10-8-16(9-11-17)24(5)15-23(3,4)19-13-12-18(14-20(19)24)28-22(26)7-2/h8-14H,6-7,15H2,1-5H3/t24-/m1/s1. The third-order valence-electron chi connectivity index (χ3n) is 5.64. The van der Waals surface area contributed by atoms with Gasteiger partial charge in [-0.15, -0.1) is 0 Å². The molecule has 0 unspecified atom stereocenters. The van der Waals surface area contributed by atoms with Crippen LogP contribution in [-0.4, -0.2) is 11.9 Å². The molecule has 4 nitrogen and oxygen atoms in total. The molecular weight excluding hydrogens is 352 g/mol. The van der Waals surface area contributed by atoms with Gasteiger partial charge in [0.1, 0.15) is 11.5 Å². The molecule has 2 aromatic carbocycles. The van der Waals surface area contributed by atoms with Gasteiger partial charge < -0.3 is 9.47 Å². The maximum Gasteiger partial charge on any atom is 0.310 e. The van der Waals surface area contributed by atoms with Gasteiger partial charge in [-0.3, -0.25) is 9.59 Å². The third-order valence-corrected chi connectivity index (χ3v) is 5.64. The zero-order valence-electron chi connectivity index (χ0n) is 17.3. The highest BCUT2D eigenvalue weighted by molar-refractivity contribution is 5.72. The average Bonchev–Trinajstić information content (AvgIpc) is 2.88. The number of rotatable bonds is 5. The van der Waals surface area contributed by atoms with Crippen LogP contribution < -0.4 is 9.47 Å².